The molecular formula is C29H27NO3. The number of rotatable bonds is 1. The van der Waals surface area contributed by atoms with Crippen LogP contribution in [-0.4, -0.2) is 25.4 Å². The van der Waals surface area contributed by atoms with Crippen molar-refractivity contribution in [3.8, 4) is 0 Å². The zero-order valence-electron chi connectivity index (χ0n) is 18.5. The molecule has 2 N–H and O–H groups in total. The summed E-state index contributed by atoms with van der Waals surface area (Å²) in [5.41, 5.74) is 5.00. The van der Waals surface area contributed by atoms with Gasteiger partial charge in [0.25, 0.3) is 5.91 Å². The minimum atomic E-state index is -0.824. The molecular weight excluding hydrogens is 410 g/mol. The third kappa shape index (κ3) is 4.40. The number of hydrogen-bond acceptors (Lipinski definition) is 3. The fraction of sp³-hybridized carbons (Fsp3) is 0.207. The molecule has 4 heteroatoms. The molecule has 5 aromatic rings. The van der Waals surface area contributed by atoms with Crippen LogP contribution in [0, 0.1) is 0 Å². The number of carbonyl (C=O) groups is 1. The Bertz CT molecular complexity index is 1340. The number of primary amides is 1. The maximum atomic E-state index is 10.6. The van der Waals surface area contributed by atoms with Crippen molar-refractivity contribution in [2.45, 2.75) is 25.6 Å². The highest BCUT2D eigenvalue weighted by Gasteiger charge is 2.17. The highest BCUT2D eigenvalue weighted by Crippen LogP contribution is 2.36. The number of benzene rings is 5. The van der Waals surface area contributed by atoms with Crippen molar-refractivity contribution in [3.05, 3.63) is 84.9 Å². The molecule has 5 aromatic carbocycles. The molecule has 1 aliphatic rings. The van der Waals surface area contributed by atoms with E-state index < -0.39 is 12.2 Å². The summed E-state index contributed by atoms with van der Waals surface area (Å²) in [6.07, 6.45) is 2.22. The van der Waals surface area contributed by atoms with Crippen molar-refractivity contribution in [2.75, 3.05) is 13.2 Å². The van der Waals surface area contributed by atoms with Crippen molar-refractivity contribution < 1.29 is 14.3 Å². The topological polar surface area (TPSA) is 61.6 Å². The maximum Gasteiger partial charge on any atom is 0.274 e. The van der Waals surface area contributed by atoms with Gasteiger partial charge in [-0.2, -0.15) is 0 Å². The average Bonchev–Trinajstić information content (AvgIpc) is 2.83. The summed E-state index contributed by atoms with van der Waals surface area (Å²) in [6, 6.07) is 30.7. The molecule has 6 rings (SSSR count). The first-order chi connectivity index (χ1) is 16.2. The Morgan fingerprint density at radius 1 is 0.606 bits per heavy atom. The van der Waals surface area contributed by atoms with Gasteiger partial charge in [-0.25, -0.2) is 0 Å². The summed E-state index contributed by atoms with van der Waals surface area (Å²) in [7, 11) is 0. The second-order valence-electron chi connectivity index (χ2n) is 8.37. The lowest BCUT2D eigenvalue weighted by atomic mass is 9.92. The van der Waals surface area contributed by atoms with Gasteiger partial charge in [0.1, 0.15) is 0 Å². The first-order valence-corrected chi connectivity index (χ1v) is 11.5. The van der Waals surface area contributed by atoms with Gasteiger partial charge in [0.05, 0.1) is 13.2 Å². The second kappa shape index (κ2) is 9.57. The normalized spacial score (nSPS) is 15.2. The van der Waals surface area contributed by atoms with E-state index in [0.717, 1.165) is 19.3 Å². The summed E-state index contributed by atoms with van der Waals surface area (Å²) in [4.78, 5) is 10.6. The molecule has 0 atom stereocenters. The van der Waals surface area contributed by atoms with Gasteiger partial charge < -0.3 is 15.2 Å². The molecule has 1 saturated heterocycles. The molecule has 0 unspecified atom stereocenters. The van der Waals surface area contributed by atoms with Crippen molar-refractivity contribution in [3.63, 3.8) is 0 Å². The molecule has 0 aromatic heterocycles. The van der Waals surface area contributed by atoms with Gasteiger partial charge in [-0.3, -0.25) is 4.79 Å². The summed E-state index contributed by atoms with van der Waals surface area (Å²) in [6.45, 7) is 1.13. The molecule has 0 bridgehead atoms. The summed E-state index contributed by atoms with van der Waals surface area (Å²) in [5, 5.41) is 10.6. The van der Waals surface area contributed by atoms with Gasteiger partial charge in [0.2, 0.25) is 6.29 Å². The minimum absolute atomic E-state index is 0.535. The zero-order chi connectivity index (χ0) is 22.6. The van der Waals surface area contributed by atoms with Crippen LogP contribution in [-0.2, 0) is 14.3 Å². The third-order valence-corrected chi connectivity index (χ3v) is 6.17. The highest BCUT2D eigenvalue weighted by molar-refractivity contribution is 6.27. The molecule has 0 spiro atoms. The Morgan fingerprint density at radius 2 is 1.00 bits per heavy atom. The van der Waals surface area contributed by atoms with Crippen LogP contribution in [0.4, 0.5) is 0 Å². The van der Waals surface area contributed by atoms with E-state index >= 15 is 0 Å². The van der Waals surface area contributed by atoms with E-state index in [-0.39, 0.29) is 0 Å². The minimum Gasteiger partial charge on any atom is -0.365 e. The summed E-state index contributed by atoms with van der Waals surface area (Å²) in [5.74, 6) is -0.535. The van der Waals surface area contributed by atoms with E-state index in [0.29, 0.717) is 13.2 Å². The molecule has 1 heterocycles. The Hall–Kier alpha value is -3.47. The predicted molar refractivity (Wildman–Crippen MR) is 135 cm³/mol. The predicted octanol–water partition coefficient (Wildman–Crippen LogP) is 6.31. The first kappa shape index (κ1) is 21.4. The third-order valence-electron chi connectivity index (χ3n) is 6.17. The highest BCUT2D eigenvalue weighted by atomic mass is 16.7. The Kier molecular flexibility index (Phi) is 6.20. The number of nitrogens with two attached hydrogens (primary N) is 1. The van der Waals surface area contributed by atoms with E-state index in [1.807, 2.05) is 0 Å². The second-order valence-corrected chi connectivity index (χ2v) is 8.37. The number of carbonyl (C=O) groups excluding carboxylic acids is 1. The monoisotopic (exact) mass is 437 g/mol. The zero-order valence-corrected chi connectivity index (χ0v) is 18.5. The van der Waals surface area contributed by atoms with Gasteiger partial charge in [-0.1, -0.05) is 72.8 Å². The lowest BCUT2D eigenvalue weighted by molar-refractivity contribution is -0.173. The van der Waals surface area contributed by atoms with Crippen LogP contribution in [0.5, 0.6) is 0 Å². The van der Waals surface area contributed by atoms with Crippen LogP contribution in [0.2, 0.25) is 0 Å². The Labute approximate surface area is 192 Å². The van der Waals surface area contributed by atoms with Crippen LogP contribution in [0.15, 0.2) is 84.9 Å². The van der Waals surface area contributed by atoms with E-state index in [9.17, 15) is 4.79 Å². The largest absolute Gasteiger partial charge is 0.365 e. The van der Waals surface area contributed by atoms with E-state index in [2.05, 4.69) is 84.9 Å². The van der Waals surface area contributed by atoms with Crippen molar-refractivity contribution in [2.24, 2.45) is 5.73 Å². The molecule has 4 nitrogen and oxygen atoms in total. The smallest absolute Gasteiger partial charge is 0.274 e. The fourth-order valence-electron chi connectivity index (χ4n) is 4.57. The van der Waals surface area contributed by atoms with Gasteiger partial charge >= 0.3 is 0 Å². The van der Waals surface area contributed by atoms with Crippen molar-refractivity contribution in [1.29, 1.82) is 0 Å². The van der Waals surface area contributed by atoms with E-state index in [1.165, 1.54) is 43.1 Å². The maximum absolute atomic E-state index is 10.6. The van der Waals surface area contributed by atoms with E-state index in [1.54, 1.807) is 0 Å². The number of fused-ring (bicyclic) bond motifs is 7. The molecule has 0 aliphatic carbocycles. The van der Waals surface area contributed by atoms with Gasteiger partial charge in [0, 0.05) is 0 Å². The lowest BCUT2D eigenvalue weighted by Crippen LogP contribution is -2.35. The van der Waals surface area contributed by atoms with Crippen molar-refractivity contribution >= 4 is 49.0 Å². The molecule has 1 fully saturated rings. The SMILES string of the molecule is NC(=O)C1OCCCCCO1.c1ccc2cc3c4ccccc4c4ccccc4c3cc2c1. The van der Waals surface area contributed by atoms with Crippen LogP contribution >= 0.6 is 0 Å². The molecule has 1 aliphatic heterocycles. The average molecular weight is 438 g/mol. The Balaban J connectivity index is 0.000000177. The number of ether oxygens (including phenoxy) is 2. The summed E-state index contributed by atoms with van der Waals surface area (Å²) >= 11 is 0. The quantitative estimate of drug-likeness (QED) is 0.247. The van der Waals surface area contributed by atoms with E-state index in [4.69, 9.17) is 15.2 Å². The van der Waals surface area contributed by atoms with Crippen LogP contribution in [0.3, 0.4) is 0 Å². The number of hydrogen-bond donors (Lipinski definition) is 1. The molecule has 0 radical (unpaired) electrons. The Morgan fingerprint density at radius 3 is 1.42 bits per heavy atom. The van der Waals surface area contributed by atoms with Crippen LogP contribution in [0.1, 0.15) is 19.3 Å². The lowest BCUT2D eigenvalue weighted by Gasteiger charge is -2.17. The fourth-order valence-corrected chi connectivity index (χ4v) is 4.57. The number of amides is 1. The molecule has 33 heavy (non-hydrogen) atoms. The molecule has 0 saturated carbocycles. The van der Waals surface area contributed by atoms with Crippen LogP contribution < -0.4 is 5.73 Å². The van der Waals surface area contributed by atoms with Crippen LogP contribution in [0.25, 0.3) is 43.1 Å². The molecule has 166 valence electrons. The molecule has 1 amide bonds. The van der Waals surface area contributed by atoms with Gasteiger partial charge in [0.15, 0.2) is 0 Å². The summed E-state index contributed by atoms with van der Waals surface area (Å²) < 4.78 is 10.1. The first-order valence-electron chi connectivity index (χ1n) is 11.5. The van der Waals surface area contributed by atoms with Gasteiger partial charge in [-0.15, -0.1) is 0 Å². The van der Waals surface area contributed by atoms with Crippen molar-refractivity contribution in [1.82, 2.24) is 0 Å². The standard InChI is InChI=1S/C22H14.C7H13NO3/c1-2-8-16-14-22-20-12-6-4-10-18(20)17-9-3-5-11-19(17)21(22)13-15(16)7-1;8-6(9)7-10-4-2-1-3-5-11-7/h1-14H;7H,1-5H2,(H2,8,9). The van der Waals surface area contributed by atoms with Gasteiger partial charge in [-0.05, 0) is 74.5 Å².